The number of benzene rings is 2. The normalized spacial score (nSPS) is 17.0. The molecule has 0 amide bonds. The highest BCUT2D eigenvalue weighted by atomic mass is 16.5. The summed E-state index contributed by atoms with van der Waals surface area (Å²) < 4.78 is 11.1. The van der Waals surface area contributed by atoms with E-state index in [9.17, 15) is 4.79 Å². The molecule has 0 saturated heterocycles. The number of rotatable bonds is 2. The molecule has 23 heavy (non-hydrogen) atoms. The van der Waals surface area contributed by atoms with Gasteiger partial charge in [-0.3, -0.25) is 4.79 Å². The summed E-state index contributed by atoms with van der Waals surface area (Å²) in [7, 11) is 0. The summed E-state index contributed by atoms with van der Waals surface area (Å²) >= 11 is 0. The summed E-state index contributed by atoms with van der Waals surface area (Å²) in [5.41, 5.74) is 4.65. The Balaban J connectivity index is 1.72. The van der Waals surface area contributed by atoms with Crippen molar-refractivity contribution in [3.05, 3.63) is 65.4 Å². The van der Waals surface area contributed by atoms with E-state index in [0.717, 1.165) is 23.2 Å². The number of carbonyl (C=O) groups excluding carboxylic acids is 1. The molecule has 0 fully saturated rings. The van der Waals surface area contributed by atoms with Crippen LogP contribution in [-0.4, -0.2) is 17.6 Å². The number of aromatic nitrogens is 1. The van der Waals surface area contributed by atoms with Crippen LogP contribution in [0.3, 0.4) is 0 Å². The fraction of sp³-hybridized carbons (Fsp3) is 0.211. The van der Waals surface area contributed by atoms with Crippen LogP contribution in [-0.2, 0) is 16.0 Å². The summed E-state index contributed by atoms with van der Waals surface area (Å²) in [6.45, 7) is 2.10. The third-order valence-electron chi connectivity index (χ3n) is 4.19. The van der Waals surface area contributed by atoms with Gasteiger partial charge in [0, 0.05) is 17.8 Å². The second kappa shape index (κ2) is 5.56. The number of hydrogen-bond acceptors (Lipinski definition) is 3. The van der Waals surface area contributed by atoms with Gasteiger partial charge in [-0.2, -0.15) is 0 Å². The first kappa shape index (κ1) is 14.0. The second-order valence-electron chi connectivity index (χ2n) is 5.73. The molecule has 2 heterocycles. The molecule has 0 saturated carbocycles. The van der Waals surface area contributed by atoms with Crippen LogP contribution in [0.4, 0.5) is 0 Å². The first-order valence-corrected chi connectivity index (χ1v) is 7.72. The number of ether oxygens (including phenoxy) is 2. The molecule has 1 aliphatic rings. The summed E-state index contributed by atoms with van der Waals surface area (Å²) in [5, 5.41) is 1.27. The van der Waals surface area contributed by atoms with Gasteiger partial charge in [-0.15, -0.1) is 0 Å². The molecule has 2 aromatic carbocycles. The molecular weight excluding hydrogens is 290 g/mol. The molecule has 1 unspecified atom stereocenters. The zero-order valence-electron chi connectivity index (χ0n) is 12.8. The van der Waals surface area contributed by atoms with Gasteiger partial charge in [0.25, 0.3) is 0 Å². The maximum absolute atomic E-state index is 11.0. The van der Waals surface area contributed by atoms with Gasteiger partial charge in [0.2, 0.25) is 0 Å². The first-order valence-electron chi connectivity index (χ1n) is 7.72. The Morgan fingerprint density at radius 3 is 2.74 bits per heavy atom. The van der Waals surface area contributed by atoms with Crippen molar-refractivity contribution in [1.82, 2.24) is 4.98 Å². The van der Waals surface area contributed by atoms with Gasteiger partial charge in [0.15, 0.2) is 0 Å². The SMILES string of the molecule is CC(=O)Oc1ccc(C2OCCc3c2[nH]c2ccccc32)cc1. The largest absolute Gasteiger partial charge is 0.427 e. The molecule has 0 spiro atoms. The van der Waals surface area contributed by atoms with E-state index in [2.05, 4.69) is 23.2 Å². The molecule has 4 nitrogen and oxygen atoms in total. The zero-order chi connectivity index (χ0) is 15.8. The van der Waals surface area contributed by atoms with Crippen LogP contribution in [0.25, 0.3) is 10.9 Å². The van der Waals surface area contributed by atoms with Crippen molar-refractivity contribution in [1.29, 1.82) is 0 Å². The van der Waals surface area contributed by atoms with Crippen LogP contribution in [0.2, 0.25) is 0 Å². The van der Waals surface area contributed by atoms with Gasteiger partial charge in [0.1, 0.15) is 11.9 Å². The average Bonchev–Trinajstić information content (AvgIpc) is 2.94. The van der Waals surface area contributed by atoms with Gasteiger partial charge >= 0.3 is 5.97 Å². The van der Waals surface area contributed by atoms with E-state index in [1.165, 1.54) is 17.9 Å². The van der Waals surface area contributed by atoms with Crippen LogP contribution in [0.5, 0.6) is 5.75 Å². The lowest BCUT2D eigenvalue weighted by atomic mass is 9.98. The summed E-state index contributed by atoms with van der Waals surface area (Å²) in [6, 6.07) is 15.8. The zero-order valence-corrected chi connectivity index (χ0v) is 12.8. The predicted molar refractivity (Wildman–Crippen MR) is 87.5 cm³/mol. The fourth-order valence-corrected chi connectivity index (χ4v) is 3.22. The third-order valence-corrected chi connectivity index (χ3v) is 4.19. The molecule has 1 atom stereocenters. The molecule has 4 heteroatoms. The highest BCUT2D eigenvalue weighted by Crippen LogP contribution is 2.36. The number of H-pyrrole nitrogens is 1. The molecule has 3 aromatic rings. The van der Waals surface area contributed by atoms with E-state index in [0.29, 0.717) is 12.4 Å². The standard InChI is InChI=1S/C19H17NO3/c1-12(21)23-14-8-6-13(7-9-14)19-18-16(10-11-22-19)15-4-2-3-5-17(15)20-18/h2-9,19-20H,10-11H2,1H3. The van der Waals surface area contributed by atoms with Gasteiger partial charge in [-0.1, -0.05) is 30.3 Å². The number of fused-ring (bicyclic) bond motifs is 3. The number of aromatic amines is 1. The van der Waals surface area contributed by atoms with E-state index in [1.54, 1.807) is 12.1 Å². The molecule has 1 aromatic heterocycles. The monoisotopic (exact) mass is 307 g/mol. The van der Waals surface area contributed by atoms with Crippen LogP contribution in [0, 0.1) is 0 Å². The van der Waals surface area contributed by atoms with Crippen molar-refractivity contribution in [3.8, 4) is 5.75 Å². The van der Waals surface area contributed by atoms with Crippen LogP contribution in [0.15, 0.2) is 48.5 Å². The Morgan fingerprint density at radius 1 is 1.17 bits per heavy atom. The van der Waals surface area contributed by atoms with Crippen molar-refractivity contribution in [2.75, 3.05) is 6.61 Å². The minimum absolute atomic E-state index is 0.113. The summed E-state index contributed by atoms with van der Waals surface area (Å²) in [6.07, 6.45) is 0.805. The minimum Gasteiger partial charge on any atom is -0.427 e. The summed E-state index contributed by atoms with van der Waals surface area (Å²) in [4.78, 5) is 14.5. The molecule has 1 aliphatic heterocycles. The molecule has 1 N–H and O–H groups in total. The van der Waals surface area contributed by atoms with Gasteiger partial charge in [-0.05, 0) is 35.7 Å². The van der Waals surface area contributed by atoms with Crippen molar-refractivity contribution >= 4 is 16.9 Å². The Hall–Kier alpha value is -2.59. The Labute approximate surface area is 134 Å². The maximum Gasteiger partial charge on any atom is 0.308 e. The lowest BCUT2D eigenvalue weighted by molar-refractivity contribution is -0.131. The smallest absolute Gasteiger partial charge is 0.308 e. The van der Waals surface area contributed by atoms with Crippen molar-refractivity contribution in [2.24, 2.45) is 0 Å². The predicted octanol–water partition coefficient (Wildman–Crippen LogP) is 3.76. The number of para-hydroxylation sites is 1. The molecule has 116 valence electrons. The van der Waals surface area contributed by atoms with Gasteiger partial charge in [0.05, 0.1) is 12.3 Å². The highest BCUT2D eigenvalue weighted by molar-refractivity contribution is 5.85. The number of hydrogen-bond donors (Lipinski definition) is 1. The van der Waals surface area contributed by atoms with Crippen molar-refractivity contribution < 1.29 is 14.3 Å². The molecule has 0 aliphatic carbocycles. The second-order valence-corrected chi connectivity index (χ2v) is 5.73. The topological polar surface area (TPSA) is 51.3 Å². The van der Waals surface area contributed by atoms with Crippen molar-refractivity contribution in [2.45, 2.75) is 19.4 Å². The van der Waals surface area contributed by atoms with Gasteiger partial charge in [-0.25, -0.2) is 0 Å². The number of esters is 1. The molecular formula is C19H17NO3. The van der Waals surface area contributed by atoms with Crippen LogP contribution in [0.1, 0.15) is 29.8 Å². The highest BCUT2D eigenvalue weighted by Gasteiger charge is 2.26. The lowest BCUT2D eigenvalue weighted by Gasteiger charge is -2.24. The quantitative estimate of drug-likeness (QED) is 0.579. The van der Waals surface area contributed by atoms with E-state index in [1.807, 2.05) is 18.2 Å². The molecule has 0 bridgehead atoms. The average molecular weight is 307 g/mol. The number of nitrogens with one attached hydrogen (secondary N) is 1. The van der Waals surface area contributed by atoms with Gasteiger partial charge < -0.3 is 14.5 Å². The first-order chi connectivity index (χ1) is 11.2. The van der Waals surface area contributed by atoms with E-state index >= 15 is 0 Å². The van der Waals surface area contributed by atoms with Crippen LogP contribution >= 0.6 is 0 Å². The van der Waals surface area contributed by atoms with E-state index in [-0.39, 0.29) is 12.1 Å². The molecule has 4 rings (SSSR count). The van der Waals surface area contributed by atoms with Crippen molar-refractivity contribution in [3.63, 3.8) is 0 Å². The Kier molecular flexibility index (Phi) is 3.39. The minimum atomic E-state index is -0.315. The Bertz CT molecular complexity index is 864. The number of carbonyl (C=O) groups is 1. The maximum atomic E-state index is 11.0. The molecule has 0 radical (unpaired) electrons. The lowest BCUT2D eigenvalue weighted by Crippen LogP contribution is -2.16. The van der Waals surface area contributed by atoms with E-state index in [4.69, 9.17) is 9.47 Å². The fourth-order valence-electron chi connectivity index (χ4n) is 3.22. The van der Waals surface area contributed by atoms with Crippen LogP contribution < -0.4 is 4.74 Å². The Morgan fingerprint density at radius 2 is 1.96 bits per heavy atom. The summed E-state index contributed by atoms with van der Waals surface area (Å²) in [5.74, 6) is 0.235. The van der Waals surface area contributed by atoms with E-state index < -0.39 is 0 Å². The third kappa shape index (κ3) is 2.51.